The van der Waals surface area contributed by atoms with E-state index in [4.69, 9.17) is 5.73 Å². The maximum atomic E-state index is 12.6. The van der Waals surface area contributed by atoms with E-state index in [1.165, 1.54) is 0 Å². The van der Waals surface area contributed by atoms with Gasteiger partial charge in [0.15, 0.2) is 0 Å². The van der Waals surface area contributed by atoms with Crippen molar-refractivity contribution in [2.24, 2.45) is 11.3 Å². The number of hydrogen-bond donors (Lipinski definition) is 2. The van der Waals surface area contributed by atoms with E-state index >= 15 is 0 Å². The molecular formula is C16H22N2O3. The summed E-state index contributed by atoms with van der Waals surface area (Å²) in [5, 5.41) is 9.55. The molecule has 3 N–H and O–H groups in total. The smallest absolute Gasteiger partial charge is 0.311 e. The van der Waals surface area contributed by atoms with E-state index in [2.05, 4.69) is 0 Å². The van der Waals surface area contributed by atoms with Crippen molar-refractivity contribution in [2.45, 2.75) is 27.2 Å². The second-order valence-corrected chi connectivity index (χ2v) is 6.11. The quantitative estimate of drug-likeness (QED) is 0.835. The van der Waals surface area contributed by atoms with Crippen LogP contribution in [0, 0.1) is 18.3 Å². The number of nitrogens with two attached hydrogens (primary N) is 1. The van der Waals surface area contributed by atoms with Gasteiger partial charge in [0.2, 0.25) is 0 Å². The normalized spacial score (nSPS) is 21.8. The number of aliphatic carboxylic acids is 1. The molecule has 2 rings (SSSR count). The van der Waals surface area contributed by atoms with Gasteiger partial charge in [-0.05, 0) is 37.0 Å². The highest BCUT2D eigenvalue weighted by molar-refractivity contribution is 5.97. The van der Waals surface area contributed by atoms with E-state index in [0.717, 1.165) is 5.56 Å². The van der Waals surface area contributed by atoms with Crippen molar-refractivity contribution in [1.82, 2.24) is 4.90 Å². The average Bonchev–Trinajstić information content (AvgIpc) is 2.87. The number of amides is 1. The van der Waals surface area contributed by atoms with E-state index in [9.17, 15) is 14.7 Å². The van der Waals surface area contributed by atoms with Crippen LogP contribution in [0.4, 0.5) is 5.69 Å². The monoisotopic (exact) mass is 290 g/mol. The topological polar surface area (TPSA) is 83.6 Å². The second-order valence-electron chi connectivity index (χ2n) is 6.11. The molecule has 1 aliphatic heterocycles. The van der Waals surface area contributed by atoms with Crippen LogP contribution in [0.1, 0.15) is 36.2 Å². The van der Waals surface area contributed by atoms with Crippen LogP contribution in [-0.2, 0) is 4.79 Å². The van der Waals surface area contributed by atoms with Crippen molar-refractivity contribution in [1.29, 1.82) is 0 Å². The van der Waals surface area contributed by atoms with Crippen LogP contribution in [0.15, 0.2) is 18.2 Å². The van der Waals surface area contributed by atoms with Gasteiger partial charge in [0.1, 0.15) is 0 Å². The average molecular weight is 290 g/mol. The Morgan fingerprint density at radius 3 is 2.57 bits per heavy atom. The number of carboxylic acid groups (broad SMARTS) is 1. The lowest BCUT2D eigenvalue weighted by molar-refractivity contribution is -0.150. The number of rotatable bonds is 3. The third-order valence-electron chi connectivity index (χ3n) is 4.73. The number of carbonyl (C=O) groups is 2. The molecule has 21 heavy (non-hydrogen) atoms. The van der Waals surface area contributed by atoms with Gasteiger partial charge < -0.3 is 15.7 Å². The van der Waals surface area contributed by atoms with Crippen molar-refractivity contribution in [3.05, 3.63) is 29.3 Å². The number of hydrogen-bond acceptors (Lipinski definition) is 3. The summed E-state index contributed by atoms with van der Waals surface area (Å²) in [4.78, 5) is 25.9. The Morgan fingerprint density at radius 1 is 1.38 bits per heavy atom. The van der Waals surface area contributed by atoms with Crippen molar-refractivity contribution < 1.29 is 14.7 Å². The number of nitrogen functional groups attached to an aromatic ring is 1. The van der Waals surface area contributed by atoms with E-state index < -0.39 is 11.4 Å². The molecule has 0 aromatic heterocycles. The van der Waals surface area contributed by atoms with Gasteiger partial charge in [0.05, 0.1) is 5.41 Å². The highest BCUT2D eigenvalue weighted by atomic mass is 16.4. The summed E-state index contributed by atoms with van der Waals surface area (Å²) in [6.07, 6.45) is 0.493. The van der Waals surface area contributed by atoms with Gasteiger partial charge in [-0.1, -0.05) is 19.9 Å². The van der Waals surface area contributed by atoms with Gasteiger partial charge >= 0.3 is 5.97 Å². The fourth-order valence-corrected chi connectivity index (χ4v) is 2.95. The highest BCUT2D eigenvalue weighted by Gasteiger charge is 2.48. The maximum absolute atomic E-state index is 12.6. The summed E-state index contributed by atoms with van der Waals surface area (Å²) in [5.74, 6) is -0.976. The highest BCUT2D eigenvalue weighted by Crippen LogP contribution is 2.38. The second kappa shape index (κ2) is 5.39. The first-order valence-corrected chi connectivity index (χ1v) is 7.17. The standard InChI is InChI=1S/C16H22N2O3/c1-10(2)16(15(20)21)7-8-18(9-16)14(19)12-5-4-6-13(17)11(12)3/h4-6,10H,7-9,17H2,1-3H3,(H,20,21). The van der Waals surface area contributed by atoms with Crippen LogP contribution in [-0.4, -0.2) is 35.0 Å². The third-order valence-corrected chi connectivity index (χ3v) is 4.73. The SMILES string of the molecule is Cc1c(N)cccc1C(=O)N1CCC(C(=O)O)(C(C)C)C1. The first-order valence-electron chi connectivity index (χ1n) is 7.17. The predicted octanol–water partition coefficient (Wildman–Crippen LogP) is 2.15. The molecule has 1 aliphatic rings. The van der Waals surface area contributed by atoms with Gasteiger partial charge in [-0.2, -0.15) is 0 Å². The van der Waals surface area contributed by atoms with Crippen LogP contribution in [0.2, 0.25) is 0 Å². The fraction of sp³-hybridized carbons (Fsp3) is 0.500. The number of likely N-dealkylation sites (tertiary alicyclic amines) is 1. The molecule has 1 heterocycles. The van der Waals surface area contributed by atoms with Crippen LogP contribution in [0.5, 0.6) is 0 Å². The molecule has 5 heteroatoms. The first-order chi connectivity index (χ1) is 9.79. The first kappa shape index (κ1) is 15.4. The molecule has 114 valence electrons. The molecule has 1 fully saturated rings. The zero-order valence-electron chi connectivity index (χ0n) is 12.7. The molecular weight excluding hydrogens is 268 g/mol. The van der Waals surface area contributed by atoms with Crippen molar-refractivity contribution in [3.63, 3.8) is 0 Å². The van der Waals surface area contributed by atoms with Crippen molar-refractivity contribution >= 4 is 17.6 Å². The number of carbonyl (C=O) groups excluding carboxylic acids is 1. The molecule has 1 amide bonds. The Labute approximate surface area is 124 Å². The molecule has 1 atom stereocenters. The minimum atomic E-state index is -0.843. The molecule has 1 aromatic rings. The lowest BCUT2D eigenvalue weighted by atomic mass is 9.76. The Hall–Kier alpha value is -2.04. The zero-order chi connectivity index (χ0) is 15.8. The zero-order valence-corrected chi connectivity index (χ0v) is 12.7. The Kier molecular flexibility index (Phi) is 3.94. The van der Waals surface area contributed by atoms with Crippen molar-refractivity contribution in [2.75, 3.05) is 18.8 Å². The summed E-state index contributed by atoms with van der Waals surface area (Å²) in [6, 6.07) is 5.24. The molecule has 0 spiro atoms. The van der Waals surface area contributed by atoms with Crippen molar-refractivity contribution in [3.8, 4) is 0 Å². The predicted molar refractivity (Wildman–Crippen MR) is 81.0 cm³/mol. The lowest BCUT2D eigenvalue weighted by Gasteiger charge is -2.28. The van der Waals surface area contributed by atoms with E-state index in [0.29, 0.717) is 24.2 Å². The van der Waals surface area contributed by atoms with Gasteiger partial charge in [0, 0.05) is 24.3 Å². The minimum absolute atomic E-state index is 0.0188. The molecule has 0 bridgehead atoms. The molecule has 1 saturated heterocycles. The Balaban J connectivity index is 2.27. The van der Waals surface area contributed by atoms with Crippen LogP contribution in [0.25, 0.3) is 0 Å². The Bertz CT molecular complexity index is 583. The third kappa shape index (κ3) is 2.48. The lowest BCUT2D eigenvalue weighted by Crippen LogP contribution is -2.40. The summed E-state index contributed by atoms with van der Waals surface area (Å²) < 4.78 is 0. The van der Waals surface area contributed by atoms with E-state index in [1.54, 1.807) is 23.1 Å². The van der Waals surface area contributed by atoms with Gasteiger partial charge in [-0.25, -0.2) is 0 Å². The molecule has 1 unspecified atom stereocenters. The Morgan fingerprint density at radius 2 is 2.05 bits per heavy atom. The summed E-state index contributed by atoms with van der Waals surface area (Å²) >= 11 is 0. The molecule has 0 radical (unpaired) electrons. The summed E-state index contributed by atoms with van der Waals surface area (Å²) in [6.45, 7) is 6.33. The molecule has 0 saturated carbocycles. The molecule has 0 aliphatic carbocycles. The number of carboxylic acids is 1. The largest absolute Gasteiger partial charge is 0.481 e. The van der Waals surface area contributed by atoms with Crippen LogP contribution >= 0.6 is 0 Å². The van der Waals surface area contributed by atoms with Crippen LogP contribution < -0.4 is 5.73 Å². The maximum Gasteiger partial charge on any atom is 0.311 e. The van der Waals surface area contributed by atoms with Crippen LogP contribution in [0.3, 0.4) is 0 Å². The van der Waals surface area contributed by atoms with E-state index in [-0.39, 0.29) is 18.4 Å². The number of anilines is 1. The summed E-state index contributed by atoms with van der Waals surface area (Å²) in [7, 11) is 0. The van der Waals surface area contributed by atoms with E-state index in [1.807, 2.05) is 20.8 Å². The minimum Gasteiger partial charge on any atom is -0.481 e. The number of nitrogens with zero attached hydrogens (tertiary/aromatic N) is 1. The van der Waals surface area contributed by atoms with Gasteiger partial charge in [-0.15, -0.1) is 0 Å². The van der Waals surface area contributed by atoms with Gasteiger partial charge in [-0.3, -0.25) is 9.59 Å². The molecule has 1 aromatic carbocycles. The number of benzene rings is 1. The fourth-order valence-electron chi connectivity index (χ4n) is 2.95. The molecule has 5 nitrogen and oxygen atoms in total. The van der Waals surface area contributed by atoms with Gasteiger partial charge in [0.25, 0.3) is 5.91 Å². The summed E-state index contributed by atoms with van der Waals surface area (Å²) in [5.41, 5.74) is 6.88.